The fraction of sp³-hybridized carbons (Fsp3) is 0.789. The van der Waals surface area contributed by atoms with Crippen LogP contribution in [0.15, 0.2) is 17.6 Å². The van der Waals surface area contributed by atoms with Crippen LogP contribution >= 0.6 is 11.8 Å². The van der Waals surface area contributed by atoms with E-state index in [1.165, 1.54) is 56.9 Å². The Morgan fingerprint density at radius 2 is 1.71 bits per heavy atom. The minimum absolute atomic E-state index is 0.0908. The van der Waals surface area contributed by atoms with Crippen molar-refractivity contribution in [3.8, 4) is 0 Å². The van der Waals surface area contributed by atoms with E-state index in [0.717, 1.165) is 6.54 Å². The zero-order chi connectivity index (χ0) is 17.6. The molecule has 1 aliphatic heterocycles. The van der Waals surface area contributed by atoms with Crippen molar-refractivity contribution in [2.75, 3.05) is 0 Å². The molecular formula is C19H34N2OSSn. The number of thioether (sulfide) groups is 1. The molecule has 5 heteroatoms. The Hall–Kier alpha value is 0.0287. The van der Waals surface area contributed by atoms with Gasteiger partial charge in [0.25, 0.3) is 0 Å². The summed E-state index contributed by atoms with van der Waals surface area (Å²) in [6.45, 7) is 9.67. The summed E-state index contributed by atoms with van der Waals surface area (Å²) in [6, 6.07) is 0. The number of aromatic nitrogens is 2. The summed E-state index contributed by atoms with van der Waals surface area (Å²) in [7, 11) is 0. The molecule has 0 aromatic carbocycles. The second-order valence-corrected chi connectivity index (χ2v) is 23.8. The Bertz CT molecular complexity index is 501. The molecule has 0 bridgehead atoms. The summed E-state index contributed by atoms with van der Waals surface area (Å²) in [4.78, 5) is 17.4. The third kappa shape index (κ3) is 3.89. The molecule has 0 aliphatic carbocycles. The topological polar surface area (TPSA) is 34.9 Å². The van der Waals surface area contributed by atoms with Crippen LogP contribution in [0.5, 0.6) is 0 Å². The Morgan fingerprint density at radius 1 is 1.17 bits per heavy atom. The van der Waals surface area contributed by atoms with Crippen molar-refractivity contribution >= 4 is 35.9 Å². The molecule has 1 aromatic heterocycles. The Morgan fingerprint density at radius 3 is 2.12 bits per heavy atom. The number of hydrogen-bond donors (Lipinski definition) is 0. The van der Waals surface area contributed by atoms with Crippen molar-refractivity contribution in [2.45, 2.75) is 93.9 Å². The summed E-state index contributed by atoms with van der Waals surface area (Å²) in [5.41, 5.74) is 0. The van der Waals surface area contributed by atoms with Gasteiger partial charge in [-0.2, -0.15) is 0 Å². The molecule has 0 saturated heterocycles. The molecule has 1 aromatic rings. The van der Waals surface area contributed by atoms with Crippen molar-refractivity contribution in [3.63, 3.8) is 0 Å². The zero-order valence-corrected chi connectivity index (χ0v) is 19.6. The van der Waals surface area contributed by atoms with Gasteiger partial charge in [0.1, 0.15) is 0 Å². The SMILES string of the molecule is CCC[CH2][Sn]([CH2]CCC)([CH2]CCC)[C]1(C(C)=O)Cn2cncc2S1. The second-order valence-electron chi connectivity index (χ2n) is 7.44. The van der Waals surface area contributed by atoms with E-state index in [0.29, 0.717) is 5.78 Å². The van der Waals surface area contributed by atoms with Crippen LogP contribution in [0.2, 0.25) is 13.3 Å². The molecule has 0 amide bonds. The van der Waals surface area contributed by atoms with Gasteiger partial charge in [0.05, 0.1) is 0 Å². The molecule has 136 valence electrons. The first-order chi connectivity index (χ1) is 11.5. The van der Waals surface area contributed by atoms with E-state index in [-0.39, 0.29) is 2.76 Å². The second kappa shape index (κ2) is 9.11. The standard InChI is InChI=1S/C7H7N2OS.3C4H9.Sn/c1-5(10)6-3-9-4-8-2-7(9)11-6;3*1-3-4-2;/h2,4H,3H2,1H3;3*1,3-4H2,2H3;. The molecule has 2 rings (SSSR count). The fourth-order valence-corrected chi connectivity index (χ4v) is 28.4. The average molecular weight is 457 g/mol. The van der Waals surface area contributed by atoms with Crippen LogP contribution in [0, 0.1) is 0 Å². The van der Waals surface area contributed by atoms with Gasteiger partial charge >= 0.3 is 157 Å². The molecule has 1 aliphatic rings. The first-order valence-electron chi connectivity index (χ1n) is 9.75. The zero-order valence-electron chi connectivity index (χ0n) is 15.9. The number of hydrogen-bond acceptors (Lipinski definition) is 3. The molecule has 1 atom stereocenters. The third-order valence-electron chi connectivity index (χ3n) is 5.80. The fourth-order valence-electron chi connectivity index (χ4n) is 4.32. The van der Waals surface area contributed by atoms with Crippen LogP contribution in [-0.4, -0.2) is 36.5 Å². The number of Topliss-reactive ketones (excluding diaryl/α,β-unsaturated/α-hetero) is 1. The molecule has 0 saturated carbocycles. The molecule has 0 N–H and O–H groups in total. The minimum atomic E-state index is -2.68. The van der Waals surface area contributed by atoms with Crippen molar-refractivity contribution < 1.29 is 4.79 Å². The quantitative estimate of drug-likeness (QED) is 0.400. The van der Waals surface area contributed by atoms with Crippen molar-refractivity contribution in [3.05, 3.63) is 12.5 Å². The molecule has 1 unspecified atom stereocenters. The normalized spacial score (nSPS) is 20.3. The van der Waals surface area contributed by atoms with Crippen LogP contribution in [0.3, 0.4) is 0 Å². The summed E-state index contributed by atoms with van der Waals surface area (Å²) in [6.07, 6.45) is 11.6. The van der Waals surface area contributed by atoms with Gasteiger partial charge in [-0.05, 0) is 0 Å². The summed E-state index contributed by atoms with van der Waals surface area (Å²) >= 11 is -0.782. The predicted octanol–water partition coefficient (Wildman–Crippen LogP) is 5.70. The Labute approximate surface area is 156 Å². The number of carbonyl (C=O) groups is 1. The van der Waals surface area contributed by atoms with Crippen LogP contribution in [0.1, 0.15) is 66.2 Å². The van der Waals surface area contributed by atoms with Crippen molar-refractivity contribution in [2.24, 2.45) is 0 Å². The maximum atomic E-state index is 13.1. The monoisotopic (exact) mass is 458 g/mol. The molecule has 24 heavy (non-hydrogen) atoms. The summed E-state index contributed by atoms with van der Waals surface area (Å²) in [5, 5.41) is 1.22. The summed E-state index contributed by atoms with van der Waals surface area (Å²) < 4.78 is 6.32. The van der Waals surface area contributed by atoms with Gasteiger partial charge in [0.15, 0.2) is 0 Å². The van der Waals surface area contributed by atoms with Gasteiger partial charge in [-0.1, -0.05) is 0 Å². The van der Waals surface area contributed by atoms with Crippen LogP contribution in [0.4, 0.5) is 0 Å². The Kier molecular flexibility index (Phi) is 7.72. The molecule has 0 fully saturated rings. The van der Waals surface area contributed by atoms with Crippen LogP contribution in [-0.2, 0) is 11.3 Å². The number of unbranched alkanes of at least 4 members (excludes halogenated alkanes) is 3. The first kappa shape index (κ1) is 20.3. The van der Waals surface area contributed by atoms with Gasteiger partial charge in [0, 0.05) is 0 Å². The van der Waals surface area contributed by atoms with E-state index < -0.39 is 18.4 Å². The van der Waals surface area contributed by atoms with Crippen LogP contribution in [0.25, 0.3) is 0 Å². The van der Waals surface area contributed by atoms with Gasteiger partial charge in [-0.3, -0.25) is 0 Å². The molecule has 0 spiro atoms. The summed E-state index contributed by atoms with van der Waals surface area (Å²) in [5.74, 6) is 0.454. The van der Waals surface area contributed by atoms with E-state index in [4.69, 9.17) is 0 Å². The van der Waals surface area contributed by atoms with E-state index in [2.05, 4.69) is 30.3 Å². The molecule has 2 heterocycles. The third-order valence-corrected chi connectivity index (χ3v) is 28.5. The van der Waals surface area contributed by atoms with E-state index >= 15 is 0 Å². The van der Waals surface area contributed by atoms with Crippen LogP contribution < -0.4 is 0 Å². The number of carbonyl (C=O) groups excluding carboxylic acids is 1. The number of ketones is 1. The molecule has 0 radical (unpaired) electrons. The van der Waals surface area contributed by atoms with Gasteiger partial charge in [-0.25, -0.2) is 0 Å². The predicted molar refractivity (Wildman–Crippen MR) is 106 cm³/mol. The van der Waals surface area contributed by atoms with Crippen molar-refractivity contribution in [1.82, 2.24) is 9.55 Å². The maximum absolute atomic E-state index is 13.1. The van der Waals surface area contributed by atoms with Gasteiger partial charge < -0.3 is 0 Å². The number of nitrogens with zero attached hydrogens (tertiary/aromatic N) is 2. The number of rotatable bonds is 11. The van der Waals surface area contributed by atoms with E-state index in [1.54, 1.807) is 0 Å². The Balaban J connectivity index is 2.43. The van der Waals surface area contributed by atoms with E-state index in [9.17, 15) is 4.79 Å². The molecule has 3 nitrogen and oxygen atoms in total. The van der Waals surface area contributed by atoms with Gasteiger partial charge in [-0.15, -0.1) is 0 Å². The molecular weight excluding hydrogens is 423 g/mol. The number of imidazole rings is 1. The first-order valence-corrected chi connectivity index (χ1v) is 18.0. The average Bonchev–Trinajstić information content (AvgIpc) is 3.14. The number of fused-ring (bicyclic) bond motifs is 1. The van der Waals surface area contributed by atoms with E-state index in [1.807, 2.05) is 31.2 Å². The van der Waals surface area contributed by atoms with Crippen molar-refractivity contribution in [1.29, 1.82) is 0 Å². The van der Waals surface area contributed by atoms with Gasteiger partial charge in [0.2, 0.25) is 0 Å².